The number of hydrogen-bond donors (Lipinski definition) is 0. The Bertz CT molecular complexity index is 1060. The first-order valence-electron chi connectivity index (χ1n) is 8.16. The van der Waals surface area contributed by atoms with Gasteiger partial charge in [0.2, 0.25) is 0 Å². The molecule has 0 amide bonds. The van der Waals surface area contributed by atoms with Crippen LogP contribution in [0.4, 0.5) is 0 Å². The van der Waals surface area contributed by atoms with Crippen molar-refractivity contribution in [3.8, 4) is 11.4 Å². The van der Waals surface area contributed by atoms with Crippen LogP contribution >= 0.6 is 23.2 Å². The summed E-state index contributed by atoms with van der Waals surface area (Å²) in [4.78, 5) is 17.6. The van der Waals surface area contributed by atoms with Gasteiger partial charge in [0.15, 0.2) is 0 Å². The molecule has 6 heteroatoms. The quantitative estimate of drug-likeness (QED) is 0.541. The summed E-state index contributed by atoms with van der Waals surface area (Å²) in [6, 6.07) is 11.5. The maximum atomic E-state index is 12.8. The summed E-state index contributed by atoms with van der Waals surface area (Å²) < 4.78 is 7.61. The van der Waals surface area contributed by atoms with E-state index in [1.165, 1.54) is 0 Å². The van der Waals surface area contributed by atoms with Gasteiger partial charge in [0, 0.05) is 18.5 Å². The zero-order valence-electron chi connectivity index (χ0n) is 13.4. The Morgan fingerprint density at radius 1 is 1.24 bits per heavy atom. The average Bonchev–Trinajstić information content (AvgIpc) is 3.06. The summed E-state index contributed by atoms with van der Waals surface area (Å²) in [6.07, 6.45) is 0.554. The molecule has 0 aliphatic carbocycles. The summed E-state index contributed by atoms with van der Waals surface area (Å²) in [5, 5.41) is 0.952. The number of ether oxygens (including phenoxy) is 1. The molecule has 0 radical (unpaired) electrons. The Kier molecular flexibility index (Phi) is 3.04. The fourth-order valence-corrected chi connectivity index (χ4v) is 4.51. The molecule has 2 aromatic carbocycles. The lowest BCUT2D eigenvalue weighted by Crippen LogP contribution is -2.39. The topological polar surface area (TPSA) is 44.1 Å². The van der Waals surface area contributed by atoms with Crippen LogP contribution in [0.2, 0.25) is 10.0 Å². The summed E-state index contributed by atoms with van der Waals surface area (Å²) in [5.41, 5.74) is 2.93. The number of rotatable bonds is 0. The van der Waals surface area contributed by atoms with Gasteiger partial charge in [0.25, 0.3) is 0 Å². The highest BCUT2D eigenvalue weighted by molar-refractivity contribution is 6.42. The number of nitrogens with zero attached hydrogens (tertiary/aromatic N) is 2. The van der Waals surface area contributed by atoms with Crippen molar-refractivity contribution in [2.45, 2.75) is 31.4 Å². The van der Waals surface area contributed by atoms with E-state index in [9.17, 15) is 4.79 Å². The predicted molar refractivity (Wildman–Crippen MR) is 97.0 cm³/mol. The van der Waals surface area contributed by atoms with Crippen molar-refractivity contribution < 1.29 is 9.53 Å². The zero-order chi connectivity index (χ0) is 17.3. The normalized spacial score (nSPS) is 24.4. The highest BCUT2D eigenvalue weighted by Gasteiger charge is 2.53. The van der Waals surface area contributed by atoms with Crippen LogP contribution in [-0.2, 0) is 21.5 Å². The molecular formula is C19H14Cl2N2O2. The van der Waals surface area contributed by atoms with Gasteiger partial charge in [0.05, 0.1) is 21.1 Å². The highest BCUT2D eigenvalue weighted by atomic mass is 35.5. The summed E-state index contributed by atoms with van der Waals surface area (Å²) in [7, 11) is 0. The van der Waals surface area contributed by atoms with Crippen LogP contribution in [0.15, 0.2) is 36.4 Å². The van der Waals surface area contributed by atoms with Crippen molar-refractivity contribution in [1.29, 1.82) is 0 Å². The van der Waals surface area contributed by atoms with Gasteiger partial charge >= 0.3 is 5.97 Å². The van der Waals surface area contributed by atoms with E-state index in [1.54, 1.807) is 6.07 Å². The Morgan fingerprint density at radius 3 is 2.76 bits per heavy atom. The maximum absolute atomic E-state index is 12.8. The first-order valence-corrected chi connectivity index (χ1v) is 8.91. The Labute approximate surface area is 154 Å². The molecule has 0 saturated carbocycles. The van der Waals surface area contributed by atoms with Gasteiger partial charge in [-0.25, -0.2) is 4.98 Å². The van der Waals surface area contributed by atoms with E-state index in [2.05, 4.69) is 4.57 Å². The van der Waals surface area contributed by atoms with Crippen LogP contribution < -0.4 is 0 Å². The van der Waals surface area contributed by atoms with Crippen LogP contribution in [-0.4, -0.2) is 21.6 Å². The lowest BCUT2D eigenvalue weighted by molar-refractivity contribution is -0.145. The molecule has 2 atom stereocenters. The summed E-state index contributed by atoms with van der Waals surface area (Å²) >= 11 is 12.4. The number of halogens is 2. The number of cyclic esters (lactones) is 1. The van der Waals surface area contributed by atoms with Crippen molar-refractivity contribution in [3.63, 3.8) is 0 Å². The number of carbonyl (C=O) groups excluding carboxylic acids is 1. The van der Waals surface area contributed by atoms with Gasteiger partial charge in [-0.3, -0.25) is 4.79 Å². The molecule has 1 aromatic heterocycles. The third-order valence-electron chi connectivity index (χ3n) is 5.24. The second-order valence-corrected chi connectivity index (χ2v) is 7.64. The second-order valence-electron chi connectivity index (χ2n) is 6.82. The molecule has 5 rings (SSSR count). The fraction of sp³-hybridized carbons (Fsp3) is 0.263. The molecule has 126 valence electrons. The van der Waals surface area contributed by atoms with Gasteiger partial charge in [-0.1, -0.05) is 47.5 Å². The monoisotopic (exact) mass is 372 g/mol. The average molecular weight is 373 g/mol. The molecule has 2 unspecified atom stereocenters. The first-order chi connectivity index (χ1) is 12.0. The Hall–Kier alpha value is -2.04. The maximum Gasteiger partial charge on any atom is 0.318 e. The third kappa shape index (κ3) is 1.95. The third-order valence-corrected chi connectivity index (χ3v) is 5.96. The van der Waals surface area contributed by atoms with Crippen molar-refractivity contribution in [3.05, 3.63) is 52.0 Å². The van der Waals surface area contributed by atoms with E-state index < -0.39 is 5.41 Å². The number of benzene rings is 2. The van der Waals surface area contributed by atoms with E-state index in [-0.39, 0.29) is 12.1 Å². The molecule has 1 spiro atoms. The van der Waals surface area contributed by atoms with Crippen molar-refractivity contribution in [2.75, 3.05) is 0 Å². The second kappa shape index (κ2) is 4.99. The summed E-state index contributed by atoms with van der Waals surface area (Å²) in [5.74, 6) is 0.668. The van der Waals surface area contributed by atoms with Gasteiger partial charge in [0.1, 0.15) is 17.3 Å². The van der Waals surface area contributed by atoms with Gasteiger partial charge in [-0.15, -0.1) is 0 Å². The van der Waals surface area contributed by atoms with Gasteiger partial charge in [-0.2, -0.15) is 0 Å². The van der Waals surface area contributed by atoms with E-state index >= 15 is 0 Å². The van der Waals surface area contributed by atoms with Gasteiger partial charge < -0.3 is 9.30 Å². The largest absolute Gasteiger partial charge is 0.462 e. The summed E-state index contributed by atoms with van der Waals surface area (Å²) in [6.45, 7) is 2.43. The Balaban J connectivity index is 1.85. The Morgan fingerprint density at radius 2 is 2.00 bits per heavy atom. The van der Waals surface area contributed by atoms with Crippen molar-refractivity contribution in [2.24, 2.45) is 0 Å². The molecule has 25 heavy (non-hydrogen) atoms. The number of aromatic nitrogens is 2. The molecular weight excluding hydrogens is 359 g/mol. The van der Waals surface area contributed by atoms with E-state index in [0.717, 1.165) is 28.0 Å². The lowest BCUT2D eigenvalue weighted by atomic mass is 9.73. The van der Waals surface area contributed by atoms with E-state index in [0.29, 0.717) is 23.0 Å². The minimum absolute atomic E-state index is 0.102. The van der Waals surface area contributed by atoms with E-state index in [4.69, 9.17) is 32.9 Å². The molecule has 0 bridgehead atoms. The molecule has 2 aliphatic heterocycles. The van der Waals surface area contributed by atoms with E-state index in [1.807, 2.05) is 37.3 Å². The molecule has 1 fully saturated rings. The van der Waals surface area contributed by atoms with Gasteiger partial charge in [-0.05, 0) is 24.6 Å². The number of fused-ring (bicyclic) bond motifs is 6. The fourth-order valence-electron chi connectivity index (χ4n) is 4.20. The molecule has 1 saturated heterocycles. The molecule has 3 heterocycles. The SMILES string of the molecule is CC1CC2(Cn3c(nc4cc(Cl)c(Cl)cc43)-c3ccccc32)C(=O)O1. The standard InChI is InChI=1S/C19H14Cl2N2O2/c1-10-8-19(18(24)25-10)9-23-16-7-14(21)13(20)6-15(16)22-17(23)11-4-2-3-5-12(11)19/h2-7,10H,8-9H2,1H3. The smallest absolute Gasteiger partial charge is 0.318 e. The number of carbonyl (C=O) groups is 1. The van der Waals surface area contributed by atoms with Crippen LogP contribution in [0.5, 0.6) is 0 Å². The van der Waals surface area contributed by atoms with Crippen LogP contribution in [0, 0.1) is 0 Å². The zero-order valence-corrected chi connectivity index (χ0v) is 14.9. The minimum atomic E-state index is -0.678. The van der Waals surface area contributed by atoms with Crippen LogP contribution in [0.25, 0.3) is 22.4 Å². The number of imidazole rings is 1. The lowest BCUT2D eigenvalue weighted by Gasteiger charge is -2.33. The van der Waals surface area contributed by atoms with Crippen LogP contribution in [0.3, 0.4) is 0 Å². The predicted octanol–water partition coefficient (Wildman–Crippen LogP) is 4.60. The van der Waals surface area contributed by atoms with Crippen molar-refractivity contribution >= 4 is 40.2 Å². The number of esters is 1. The minimum Gasteiger partial charge on any atom is -0.462 e. The molecule has 4 nitrogen and oxygen atoms in total. The molecule has 3 aromatic rings. The van der Waals surface area contributed by atoms with Crippen molar-refractivity contribution in [1.82, 2.24) is 9.55 Å². The molecule has 0 N–H and O–H groups in total. The van der Waals surface area contributed by atoms with Crippen LogP contribution in [0.1, 0.15) is 18.9 Å². The molecule has 2 aliphatic rings. The highest BCUT2D eigenvalue weighted by Crippen LogP contribution is 2.48. The number of hydrogen-bond acceptors (Lipinski definition) is 3. The first kappa shape index (κ1) is 15.2.